The molecule has 0 amide bonds. The number of rotatable bonds is 2. The fraction of sp³-hybridized carbons (Fsp3) is 0.143. The Bertz CT molecular complexity index is 565. The standard InChI is InChI=1S/C14H11ClF2O/c1-14(18,9-2-4-10(15)5-3-9)12-8-11(16)6-7-13(12)17/h2-8,18H,1H3. The van der Waals surface area contributed by atoms with Gasteiger partial charge >= 0.3 is 0 Å². The normalized spacial score (nSPS) is 14.3. The van der Waals surface area contributed by atoms with Crippen LogP contribution in [0.1, 0.15) is 18.1 Å². The number of benzene rings is 2. The van der Waals surface area contributed by atoms with E-state index in [1.807, 2.05) is 0 Å². The number of hydrogen-bond acceptors (Lipinski definition) is 1. The van der Waals surface area contributed by atoms with E-state index in [-0.39, 0.29) is 5.56 Å². The lowest BCUT2D eigenvalue weighted by molar-refractivity contribution is 0.0975. The highest BCUT2D eigenvalue weighted by Gasteiger charge is 2.29. The SMILES string of the molecule is CC(O)(c1ccc(Cl)cc1)c1cc(F)ccc1F. The Morgan fingerprint density at radius 2 is 1.67 bits per heavy atom. The summed E-state index contributed by atoms with van der Waals surface area (Å²) in [4.78, 5) is 0. The molecule has 2 rings (SSSR count). The molecule has 0 heterocycles. The minimum Gasteiger partial charge on any atom is -0.381 e. The van der Waals surface area contributed by atoms with Gasteiger partial charge in [-0.25, -0.2) is 8.78 Å². The van der Waals surface area contributed by atoms with Crippen molar-refractivity contribution >= 4 is 11.6 Å². The molecule has 0 aliphatic heterocycles. The fourth-order valence-corrected chi connectivity index (χ4v) is 1.93. The van der Waals surface area contributed by atoms with E-state index in [0.29, 0.717) is 10.6 Å². The van der Waals surface area contributed by atoms with Gasteiger partial charge in [-0.15, -0.1) is 0 Å². The molecule has 2 aromatic rings. The Kier molecular flexibility index (Phi) is 3.37. The van der Waals surface area contributed by atoms with E-state index in [1.54, 1.807) is 24.3 Å². The van der Waals surface area contributed by atoms with Crippen LogP contribution in [-0.2, 0) is 5.60 Å². The average molecular weight is 269 g/mol. The lowest BCUT2D eigenvalue weighted by Crippen LogP contribution is -2.24. The molecular formula is C14H11ClF2O. The van der Waals surface area contributed by atoms with Gasteiger partial charge in [0.15, 0.2) is 0 Å². The zero-order valence-electron chi connectivity index (χ0n) is 9.62. The van der Waals surface area contributed by atoms with Crippen molar-refractivity contribution in [2.45, 2.75) is 12.5 Å². The van der Waals surface area contributed by atoms with E-state index in [0.717, 1.165) is 18.2 Å². The molecule has 1 N–H and O–H groups in total. The van der Waals surface area contributed by atoms with Crippen LogP contribution in [0, 0.1) is 11.6 Å². The van der Waals surface area contributed by atoms with Crippen molar-refractivity contribution in [3.05, 3.63) is 70.2 Å². The van der Waals surface area contributed by atoms with Gasteiger partial charge < -0.3 is 5.11 Å². The topological polar surface area (TPSA) is 20.2 Å². The average Bonchev–Trinajstić information content (AvgIpc) is 2.32. The highest BCUT2D eigenvalue weighted by atomic mass is 35.5. The van der Waals surface area contributed by atoms with Crippen LogP contribution in [0.3, 0.4) is 0 Å². The van der Waals surface area contributed by atoms with Crippen LogP contribution in [0.4, 0.5) is 8.78 Å². The van der Waals surface area contributed by atoms with E-state index in [2.05, 4.69) is 0 Å². The number of hydrogen-bond donors (Lipinski definition) is 1. The first-order valence-electron chi connectivity index (χ1n) is 5.35. The highest BCUT2D eigenvalue weighted by Crippen LogP contribution is 2.31. The quantitative estimate of drug-likeness (QED) is 0.876. The molecule has 4 heteroatoms. The van der Waals surface area contributed by atoms with Crippen LogP contribution in [0.2, 0.25) is 5.02 Å². The number of aliphatic hydroxyl groups is 1. The van der Waals surface area contributed by atoms with E-state index >= 15 is 0 Å². The molecule has 0 aromatic heterocycles. The third kappa shape index (κ3) is 2.37. The summed E-state index contributed by atoms with van der Waals surface area (Å²) in [5.74, 6) is -1.25. The summed E-state index contributed by atoms with van der Waals surface area (Å²) in [6, 6.07) is 9.32. The Hall–Kier alpha value is -1.45. The van der Waals surface area contributed by atoms with E-state index in [4.69, 9.17) is 11.6 Å². The predicted molar refractivity (Wildman–Crippen MR) is 66.5 cm³/mol. The Labute approximate surface area is 109 Å². The molecule has 0 bridgehead atoms. The van der Waals surface area contributed by atoms with Crippen LogP contribution in [0.15, 0.2) is 42.5 Å². The van der Waals surface area contributed by atoms with Gasteiger partial charge in [-0.1, -0.05) is 23.7 Å². The third-order valence-corrected chi connectivity index (χ3v) is 3.11. The van der Waals surface area contributed by atoms with Crippen molar-refractivity contribution in [3.63, 3.8) is 0 Å². The van der Waals surface area contributed by atoms with E-state index < -0.39 is 17.2 Å². The van der Waals surface area contributed by atoms with Gasteiger partial charge in [-0.05, 0) is 42.8 Å². The second-order valence-electron chi connectivity index (χ2n) is 4.20. The van der Waals surface area contributed by atoms with Gasteiger partial charge in [0, 0.05) is 10.6 Å². The second-order valence-corrected chi connectivity index (χ2v) is 4.64. The molecule has 0 aliphatic carbocycles. The van der Waals surface area contributed by atoms with Gasteiger partial charge in [-0.3, -0.25) is 0 Å². The first-order chi connectivity index (χ1) is 8.41. The summed E-state index contributed by atoms with van der Waals surface area (Å²) in [6.07, 6.45) is 0. The monoisotopic (exact) mass is 268 g/mol. The van der Waals surface area contributed by atoms with Gasteiger partial charge in [0.05, 0.1) is 0 Å². The maximum Gasteiger partial charge on any atom is 0.129 e. The minimum atomic E-state index is -1.61. The van der Waals surface area contributed by atoms with E-state index in [9.17, 15) is 13.9 Å². The molecule has 0 fully saturated rings. The van der Waals surface area contributed by atoms with Crippen molar-refractivity contribution in [1.29, 1.82) is 0 Å². The minimum absolute atomic E-state index is 0.107. The molecule has 0 spiro atoms. The summed E-state index contributed by atoms with van der Waals surface area (Å²) in [5, 5.41) is 10.9. The molecule has 94 valence electrons. The predicted octanol–water partition coefficient (Wildman–Crippen LogP) is 3.87. The van der Waals surface area contributed by atoms with Crippen LogP contribution >= 0.6 is 11.6 Å². The first-order valence-corrected chi connectivity index (χ1v) is 5.73. The lowest BCUT2D eigenvalue weighted by atomic mass is 9.88. The molecule has 2 aromatic carbocycles. The molecule has 0 radical (unpaired) electrons. The zero-order valence-corrected chi connectivity index (χ0v) is 10.4. The van der Waals surface area contributed by atoms with Gasteiger partial charge in [-0.2, -0.15) is 0 Å². The van der Waals surface area contributed by atoms with Crippen molar-refractivity contribution in [1.82, 2.24) is 0 Å². The van der Waals surface area contributed by atoms with Gasteiger partial charge in [0.2, 0.25) is 0 Å². The molecule has 0 saturated carbocycles. The van der Waals surface area contributed by atoms with Crippen LogP contribution in [0.25, 0.3) is 0 Å². The number of halogens is 3. The Morgan fingerprint density at radius 3 is 2.28 bits per heavy atom. The largest absolute Gasteiger partial charge is 0.381 e. The lowest BCUT2D eigenvalue weighted by Gasteiger charge is -2.25. The smallest absolute Gasteiger partial charge is 0.129 e. The zero-order chi connectivity index (χ0) is 13.3. The summed E-state index contributed by atoms with van der Waals surface area (Å²) in [7, 11) is 0. The molecule has 0 saturated heterocycles. The first kappa shape index (κ1) is 13.0. The van der Waals surface area contributed by atoms with E-state index in [1.165, 1.54) is 6.92 Å². The van der Waals surface area contributed by atoms with Gasteiger partial charge in [0.1, 0.15) is 17.2 Å². The molecule has 0 aliphatic rings. The summed E-state index contributed by atoms with van der Waals surface area (Å²) < 4.78 is 26.8. The highest BCUT2D eigenvalue weighted by molar-refractivity contribution is 6.30. The summed E-state index contributed by atoms with van der Waals surface area (Å²) in [6.45, 7) is 1.41. The van der Waals surface area contributed by atoms with Crippen molar-refractivity contribution in [2.24, 2.45) is 0 Å². The second kappa shape index (κ2) is 4.67. The molecule has 18 heavy (non-hydrogen) atoms. The van der Waals surface area contributed by atoms with Crippen molar-refractivity contribution in [2.75, 3.05) is 0 Å². The summed E-state index contributed by atoms with van der Waals surface area (Å²) >= 11 is 5.75. The van der Waals surface area contributed by atoms with Gasteiger partial charge in [0.25, 0.3) is 0 Å². The van der Waals surface area contributed by atoms with Crippen molar-refractivity contribution in [3.8, 4) is 0 Å². The molecular weight excluding hydrogens is 258 g/mol. The van der Waals surface area contributed by atoms with Crippen LogP contribution in [-0.4, -0.2) is 5.11 Å². The maximum absolute atomic E-state index is 13.7. The Balaban J connectivity index is 2.53. The fourth-order valence-electron chi connectivity index (χ4n) is 1.80. The molecule has 1 nitrogen and oxygen atoms in total. The molecule has 1 atom stereocenters. The maximum atomic E-state index is 13.7. The van der Waals surface area contributed by atoms with Crippen LogP contribution < -0.4 is 0 Å². The van der Waals surface area contributed by atoms with Crippen LogP contribution in [0.5, 0.6) is 0 Å². The third-order valence-electron chi connectivity index (χ3n) is 2.86. The molecule has 1 unspecified atom stereocenters. The Morgan fingerprint density at radius 1 is 1.06 bits per heavy atom. The summed E-state index contributed by atoms with van der Waals surface area (Å²) in [5.41, 5.74) is -1.28. The van der Waals surface area contributed by atoms with Crippen molar-refractivity contribution < 1.29 is 13.9 Å².